The van der Waals surface area contributed by atoms with Gasteiger partial charge in [0.1, 0.15) is 0 Å². The summed E-state index contributed by atoms with van der Waals surface area (Å²) in [6, 6.07) is 7.06. The van der Waals surface area contributed by atoms with E-state index in [2.05, 4.69) is 10.0 Å². The van der Waals surface area contributed by atoms with E-state index in [4.69, 9.17) is 0 Å². The summed E-state index contributed by atoms with van der Waals surface area (Å²) in [4.78, 5) is 0.351. The van der Waals surface area contributed by atoms with Gasteiger partial charge in [-0.3, -0.25) is 0 Å². The highest BCUT2D eigenvalue weighted by molar-refractivity contribution is 7.89. The molecule has 0 heterocycles. The Kier molecular flexibility index (Phi) is 4.96. The molecule has 1 aromatic carbocycles. The molecule has 0 saturated heterocycles. The zero-order chi connectivity index (χ0) is 13.7. The molecule has 0 unspecified atom stereocenters. The Morgan fingerprint density at radius 3 is 2.47 bits per heavy atom. The van der Waals surface area contributed by atoms with Crippen LogP contribution in [0.25, 0.3) is 0 Å². The van der Waals surface area contributed by atoms with Crippen molar-refractivity contribution in [2.24, 2.45) is 5.92 Å². The van der Waals surface area contributed by atoms with Gasteiger partial charge in [0.2, 0.25) is 10.0 Å². The molecule has 0 bridgehead atoms. The summed E-state index contributed by atoms with van der Waals surface area (Å²) in [5, 5.41) is 3.21. The molecule has 1 aliphatic carbocycles. The minimum atomic E-state index is -3.34. The van der Waals surface area contributed by atoms with Gasteiger partial charge < -0.3 is 5.32 Å². The molecule has 0 amide bonds. The SMILES string of the molecule is CCNCc1ccc(S(=O)(=O)NCCC2CC2)cc1. The van der Waals surface area contributed by atoms with Gasteiger partial charge in [-0.1, -0.05) is 31.9 Å². The third-order valence-electron chi connectivity index (χ3n) is 3.35. The molecule has 1 aliphatic rings. The largest absolute Gasteiger partial charge is 0.313 e. The summed E-state index contributed by atoms with van der Waals surface area (Å²) in [5.41, 5.74) is 1.10. The molecule has 106 valence electrons. The van der Waals surface area contributed by atoms with Crippen molar-refractivity contribution in [3.63, 3.8) is 0 Å². The van der Waals surface area contributed by atoms with Crippen LogP contribution in [0.5, 0.6) is 0 Å². The molecule has 1 saturated carbocycles. The molecular weight excluding hydrogens is 260 g/mol. The fourth-order valence-electron chi connectivity index (χ4n) is 1.94. The highest BCUT2D eigenvalue weighted by Gasteiger charge is 2.22. The monoisotopic (exact) mass is 282 g/mol. The lowest BCUT2D eigenvalue weighted by Gasteiger charge is -2.07. The number of hydrogen-bond donors (Lipinski definition) is 2. The normalized spacial score (nSPS) is 15.6. The highest BCUT2D eigenvalue weighted by Crippen LogP contribution is 2.31. The van der Waals surface area contributed by atoms with Gasteiger partial charge in [0.05, 0.1) is 4.90 Å². The third kappa shape index (κ3) is 4.60. The minimum Gasteiger partial charge on any atom is -0.313 e. The van der Waals surface area contributed by atoms with E-state index in [1.54, 1.807) is 12.1 Å². The van der Waals surface area contributed by atoms with Crippen molar-refractivity contribution in [1.29, 1.82) is 0 Å². The Balaban J connectivity index is 1.90. The maximum atomic E-state index is 12.0. The van der Waals surface area contributed by atoms with Crippen LogP contribution in [0, 0.1) is 5.92 Å². The van der Waals surface area contributed by atoms with Crippen LogP contribution in [0.4, 0.5) is 0 Å². The van der Waals surface area contributed by atoms with Crippen LogP contribution in [0.2, 0.25) is 0 Å². The number of sulfonamides is 1. The minimum absolute atomic E-state index is 0.351. The van der Waals surface area contributed by atoms with Crippen LogP contribution in [-0.4, -0.2) is 21.5 Å². The van der Waals surface area contributed by atoms with Gasteiger partial charge in [0, 0.05) is 13.1 Å². The lowest BCUT2D eigenvalue weighted by atomic mass is 10.2. The Hall–Kier alpha value is -0.910. The smallest absolute Gasteiger partial charge is 0.240 e. The van der Waals surface area contributed by atoms with E-state index in [-0.39, 0.29) is 0 Å². The van der Waals surface area contributed by atoms with Gasteiger partial charge in [-0.05, 0) is 36.6 Å². The first kappa shape index (κ1) is 14.5. The quantitative estimate of drug-likeness (QED) is 0.765. The molecule has 19 heavy (non-hydrogen) atoms. The van der Waals surface area contributed by atoms with Gasteiger partial charge in [0.25, 0.3) is 0 Å². The maximum absolute atomic E-state index is 12.0. The second-order valence-corrected chi connectivity index (χ2v) is 6.82. The predicted molar refractivity (Wildman–Crippen MR) is 76.4 cm³/mol. The van der Waals surface area contributed by atoms with Crippen molar-refractivity contribution in [2.45, 2.75) is 37.6 Å². The van der Waals surface area contributed by atoms with Crippen LogP contribution in [0.15, 0.2) is 29.2 Å². The molecule has 0 radical (unpaired) electrons. The summed E-state index contributed by atoms with van der Waals surface area (Å²) in [6.07, 6.45) is 3.46. The summed E-state index contributed by atoms with van der Waals surface area (Å²) >= 11 is 0. The van der Waals surface area contributed by atoms with Gasteiger partial charge in [-0.15, -0.1) is 0 Å². The van der Waals surface area contributed by atoms with Crippen molar-refractivity contribution < 1.29 is 8.42 Å². The average Bonchev–Trinajstić information content (AvgIpc) is 3.21. The molecule has 0 aromatic heterocycles. The van der Waals surface area contributed by atoms with Crippen LogP contribution in [0.1, 0.15) is 31.7 Å². The molecule has 2 rings (SSSR count). The van der Waals surface area contributed by atoms with Crippen molar-refractivity contribution >= 4 is 10.0 Å². The van der Waals surface area contributed by atoms with Crippen LogP contribution < -0.4 is 10.0 Å². The van der Waals surface area contributed by atoms with E-state index in [0.717, 1.165) is 31.0 Å². The highest BCUT2D eigenvalue weighted by atomic mass is 32.2. The van der Waals surface area contributed by atoms with Gasteiger partial charge in [-0.25, -0.2) is 13.1 Å². The van der Waals surface area contributed by atoms with Crippen molar-refractivity contribution in [3.05, 3.63) is 29.8 Å². The van der Waals surface area contributed by atoms with E-state index >= 15 is 0 Å². The molecule has 1 fully saturated rings. The van der Waals surface area contributed by atoms with E-state index in [1.165, 1.54) is 12.8 Å². The lowest BCUT2D eigenvalue weighted by Crippen LogP contribution is -2.25. The fourth-order valence-corrected chi connectivity index (χ4v) is 2.99. The number of hydrogen-bond acceptors (Lipinski definition) is 3. The van der Waals surface area contributed by atoms with E-state index in [9.17, 15) is 8.42 Å². The molecule has 2 N–H and O–H groups in total. The van der Waals surface area contributed by atoms with Crippen molar-refractivity contribution in [2.75, 3.05) is 13.1 Å². The molecule has 5 heteroatoms. The first-order valence-electron chi connectivity index (χ1n) is 6.91. The maximum Gasteiger partial charge on any atom is 0.240 e. The second kappa shape index (κ2) is 6.50. The van der Waals surface area contributed by atoms with Gasteiger partial charge >= 0.3 is 0 Å². The Bertz CT molecular complexity index is 493. The summed E-state index contributed by atoms with van der Waals surface area (Å²) in [5.74, 6) is 0.741. The number of rotatable bonds is 8. The van der Waals surface area contributed by atoms with Gasteiger partial charge in [0.15, 0.2) is 0 Å². The Morgan fingerprint density at radius 2 is 1.89 bits per heavy atom. The molecule has 4 nitrogen and oxygen atoms in total. The molecule has 0 atom stereocenters. The van der Waals surface area contributed by atoms with Crippen LogP contribution in [-0.2, 0) is 16.6 Å². The van der Waals surface area contributed by atoms with Crippen molar-refractivity contribution in [1.82, 2.24) is 10.0 Å². The topological polar surface area (TPSA) is 58.2 Å². The summed E-state index contributed by atoms with van der Waals surface area (Å²) in [7, 11) is -3.34. The van der Waals surface area contributed by atoms with Crippen molar-refractivity contribution in [3.8, 4) is 0 Å². The van der Waals surface area contributed by atoms with Gasteiger partial charge in [-0.2, -0.15) is 0 Å². The molecular formula is C14H22N2O2S. The van der Waals surface area contributed by atoms with Crippen LogP contribution in [0.3, 0.4) is 0 Å². The Labute approximate surface area is 115 Å². The number of nitrogens with one attached hydrogen (secondary N) is 2. The summed E-state index contributed by atoms with van der Waals surface area (Å²) in [6.45, 7) is 4.27. The zero-order valence-electron chi connectivity index (χ0n) is 11.4. The first-order valence-corrected chi connectivity index (χ1v) is 8.39. The molecule has 0 aliphatic heterocycles. The Morgan fingerprint density at radius 1 is 1.21 bits per heavy atom. The third-order valence-corrected chi connectivity index (χ3v) is 4.83. The van der Waals surface area contributed by atoms with E-state index in [0.29, 0.717) is 11.4 Å². The standard InChI is InChI=1S/C14H22N2O2S/c1-2-15-11-13-5-7-14(8-6-13)19(17,18)16-10-9-12-3-4-12/h5-8,12,15-16H,2-4,9-11H2,1H3. The number of benzene rings is 1. The first-order chi connectivity index (χ1) is 9.12. The summed E-state index contributed by atoms with van der Waals surface area (Å²) < 4.78 is 26.7. The van der Waals surface area contributed by atoms with Crippen LogP contribution >= 0.6 is 0 Å². The predicted octanol–water partition coefficient (Wildman–Crippen LogP) is 1.87. The molecule has 0 spiro atoms. The average molecular weight is 282 g/mol. The molecule has 1 aromatic rings. The van der Waals surface area contributed by atoms with E-state index in [1.807, 2.05) is 19.1 Å². The van der Waals surface area contributed by atoms with E-state index < -0.39 is 10.0 Å². The second-order valence-electron chi connectivity index (χ2n) is 5.05. The lowest BCUT2D eigenvalue weighted by molar-refractivity contribution is 0.575. The fraction of sp³-hybridized carbons (Fsp3) is 0.571. The zero-order valence-corrected chi connectivity index (χ0v) is 12.2.